The molecule has 30 heavy (non-hydrogen) atoms. The maximum Gasteiger partial charge on any atom is 0.195 e. The summed E-state index contributed by atoms with van der Waals surface area (Å²) < 4.78 is 1.76. The quantitative estimate of drug-likeness (QED) is 0.454. The molecule has 1 fully saturated rings. The Morgan fingerprint density at radius 2 is 1.77 bits per heavy atom. The second-order valence-electron chi connectivity index (χ2n) is 8.40. The van der Waals surface area contributed by atoms with Gasteiger partial charge in [0.1, 0.15) is 5.82 Å². The number of aromatic nitrogens is 2. The van der Waals surface area contributed by atoms with Gasteiger partial charge in [-0.3, -0.25) is 4.79 Å². The Bertz CT molecular complexity index is 1040. The Balaban J connectivity index is 1.85. The zero-order valence-electron chi connectivity index (χ0n) is 18.3. The SMILES string of the molecule is CCN(CC)c1cc2c(cc1C(=O)c1ccc(C)cc1)nc(C1CCCCC1)n2N. The normalized spacial score (nSPS) is 14.9. The monoisotopic (exact) mass is 404 g/mol. The number of nitrogen functional groups attached to an aromatic ring is 1. The number of anilines is 1. The van der Waals surface area contributed by atoms with E-state index in [0.29, 0.717) is 17.0 Å². The number of carbonyl (C=O) groups excluding carboxylic acids is 1. The number of hydrogen-bond acceptors (Lipinski definition) is 4. The lowest BCUT2D eigenvalue weighted by Gasteiger charge is -2.24. The zero-order chi connectivity index (χ0) is 21.3. The van der Waals surface area contributed by atoms with E-state index in [9.17, 15) is 4.79 Å². The van der Waals surface area contributed by atoms with Gasteiger partial charge in [-0.05, 0) is 45.7 Å². The highest BCUT2D eigenvalue weighted by molar-refractivity contribution is 6.14. The fourth-order valence-electron chi connectivity index (χ4n) is 4.67. The van der Waals surface area contributed by atoms with Crippen molar-refractivity contribution in [2.75, 3.05) is 23.8 Å². The molecule has 5 heteroatoms. The average Bonchev–Trinajstić information content (AvgIpc) is 3.10. The summed E-state index contributed by atoms with van der Waals surface area (Å²) >= 11 is 0. The van der Waals surface area contributed by atoms with Crippen molar-refractivity contribution in [1.29, 1.82) is 0 Å². The summed E-state index contributed by atoms with van der Waals surface area (Å²) in [5.74, 6) is 7.92. The van der Waals surface area contributed by atoms with E-state index in [-0.39, 0.29) is 5.78 Å². The predicted octanol–water partition coefficient (Wildman–Crippen LogP) is 5.18. The Labute approximate surface area is 178 Å². The van der Waals surface area contributed by atoms with Crippen LogP contribution in [0.25, 0.3) is 11.0 Å². The lowest BCUT2D eigenvalue weighted by Crippen LogP contribution is -2.24. The minimum absolute atomic E-state index is 0.0320. The minimum atomic E-state index is 0.0320. The van der Waals surface area contributed by atoms with Crippen LogP contribution in [0.4, 0.5) is 5.69 Å². The molecular formula is C25H32N4O. The first kappa shape index (κ1) is 20.5. The maximum absolute atomic E-state index is 13.5. The van der Waals surface area contributed by atoms with Gasteiger partial charge in [0.05, 0.1) is 16.7 Å². The molecule has 0 radical (unpaired) electrons. The van der Waals surface area contributed by atoms with E-state index >= 15 is 0 Å². The van der Waals surface area contributed by atoms with Crippen LogP contribution >= 0.6 is 0 Å². The van der Waals surface area contributed by atoms with Gasteiger partial charge in [-0.15, -0.1) is 0 Å². The van der Waals surface area contributed by atoms with E-state index in [2.05, 4.69) is 24.8 Å². The van der Waals surface area contributed by atoms with Crippen LogP contribution in [0.3, 0.4) is 0 Å². The highest BCUT2D eigenvalue weighted by Gasteiger charge is 2.25. The number of nitrogens with zero attached hydrogens (tertiary/aromatic N) is 3. The molecule has 5 nitrogen and oxygen atoms in total. The largest absolute Gasteiger partial charge is 0.371 e. The van der Waals surface area contributed by atoms with Gasteiger partial charge in [0, 0.05) is 30.1 Å². The van der Waals surface area contributed by atoms with Crippen LogP contribution < -0.4 is 10.7 Å². The first-order valence-corrected chi connectivity index (χ1v) is 11.2. The van der Waals surface area contributed by atoms with E-state index in [1.807, 2.05) is 37.3 Å². The topological polar surface area (TPSA) is 64.2 Å². The van der Waals surface area contributed by atoms with Crippen molar-refractivity contribution in [3.05, 3.63) is 58.9 Å². The van der Waals surface area contributed by atoms with Crippen molar-refractivity contribution >= 4 is 22.5 Å². The van der Waals surface area contributed by atoms with Gasteiger partial charge in [-0.25, -0.2) is 9.66 Å². The van der Waals surface area contributed by atoms with Crippen molar-refractivity contribution in [2.45, 2.75) is 58.8 Å². The van der Waals surface area contributed by atoms with E-state index in [1.165, 1.54) is 19.3 Å². The second kappa shape index (κ2) is 8.50. The van der Waals surface area contributed by atoms with Crippen LogP contribution in [0.15, 0.2) is 36.4 Å². The number of hydrogen-bond donors (Lipinski definition) is 1. The third kappa shape index (κ3) is 3.69. The Morgan fingerprint density at radius 3 is 2.40 bits per heavy atom. The van der Waals surface area contributed by atoms with Crippen LogP contribution in [-0.4, -0.2) is 28.5 Å². The zero-order valence-corrected chi connectivity index (χ0v) is 18.3. The highest BCUT2D eigenvalue weighted by atomic mass is 16.1. The lowest BCUT2D eigenvalue weighted by molar-refractivity contribution is 0.103. The van der Waals surface area contributed by atoms with Gasteiger partial charge < -0.3 is 10.7 Å². The smallest absolute Gasteiger partial charge is 0.195 e. The molecule has 1 aliphatic carbocycles. The van der Waals surface area contributed by atoms with Crippen LogP contribution in [0.5, 0.6) is 0 Å². The second-order valence-corrected chi connectivity index (χ2v) is 8.40. The summed E-state index contributed by atoms with van der Waals surface area (Å²) in [6.45, 7) is 7.90. The fourth-order valence-corrected chi connectivity index (χ4v) is 4.67. The number of benzene rings is 2. The summed E-state index contributed by atoms with van der Waals surface area (Å²) in [4.78, 5) is 20.6. The van der Waals surface area contributed by atoms with E-state index in [1.54, 1.807) is 4.68 Å². The molecule has 2 aromatic carbocycles. The molecule has 0 atom stereocenters. The third-order valence-corrected chi connectivity index (χ3v) is 6.47. The van der Waals surface area contributed by atoms with Crippen LogP contribution in [0.1, 0.15) is 79.2 Å². The molecular weight excluding hydrogens is 372 g/mol. The van der Waals surface area contributed by atoms with Crippen molar-refractivity contribution in [3.63, 3.8) is 0 Å². The van der Waals surface area contributed by atoms with Gasteiger partial charge in [-0.1, -0.05) is 49.1 Å². The van der Waals surface area contributed by atoms with Crippen molar-refractivity contribution in [3.8, 4) is 0 Å². The Kier molecular flexibility index (Phi) is 5.80. The van der Waals surface area contributed by atoms with Gasteiger partial charge >= 0.3 is 0 Å². The summed E-state index contributed by atoms with van der Waals surface area (Å²) in [6, 6.07) is 11.8. The number of imidazole rings is 1. The Morgan fingerprint density at radius 1 is 1.10 bits per heavy atom. The first-order chi connectivity index (χ1) is 14.5. The molecule has 1 heterocycles. The fraction of sp³-hybridized carbons (Fsp3) is 0.440. The maximum atomic E-state index is 13.5. The number of nitrogens with two attached hydrogens (primary N) is 1. The van der Waals surface area contributed by atoms with Crippen molar-refractivity contribution in [2.24, 2.45) is 0 Å². The summed E-state index contributed by atoms with van der Waals surface area (Å²) in [7, 11) is 0. The van der Waals surface area contributed by atoms with Gasteiger partial charge in [-0.2, -0.15) is 0 Å². The number of ketones is 1. The molecule has 0 bridgehead atoms. The minimum Gasteiger partial charge on any atom is -0.371 e. The predicted molar refractivity (Wildman–Crippen MR) is 124 cm³/mol. The molecule has 0 amide bonds. The molecule has 0 unspecified atom stereocenters. The molecule has 1 aromatic heterocycles. The molecule has 0 saturated heterocycles. The van der Waals surface area contributed by atoms with Crippen LogP contribution in [0, 0.1) is 6.92 Å². The molecule has 2 N–H and O–H groups in total. The number of carbonyl (C=O) groups is 1. The lowest BCUT2D eigenvalue weighted by atomic mass is 9.89. The molecule has 1 aliphatic rings. The molecule has 3 aromatic rings. The standard InChI is InChI=1S/C25H32N4O/c1-4-28(5-2)22-16-23-21(27-25(29(23)26)19-9-7-6-8-10-19)15-20(22)24(30)18-13-11-17(3)12-14-18/h11-16,19H,4-10,26H2,1-3H3. The van der Waals surface area contributed by atoms with E-state index < -0.39 is 0 Å². The molecule has 0 spiro atoms. The Hall–Kier alpha value is -2.82. The van der Waals surface area contributed by atoms with Crippen molar-refractivity contribution < 1.29 is 4.79 Å². The van der Waals surface area contributed by atoms with E-state index in [4.69, 9.17) is 10.8 Å². The van der Waals surface area contributed by atoms with Gasteiger partial charge in [0.15, 0.2) is 5.78 Å². The van der Waals surface area contributed by atoms with Gasteiger partial charge in [0.2, 0.25) is 0 Å². The van der Waals surface area contributed by atoms with Crippen LogP contribution in [-0.2, 0) is 0 Å². The summed E-state index contributed by atoms with van der Waals surface area (Å²) in [5.41, 5.74) is 5.18. The molecule has 1 saturated carbocycles. The van der Waals surface area contributed by atoms with E-state index in [0.717, 1.165) is 54.0 Å². The number of rotatable bonds is 6. The number of aryl methyl sites for hydroxylation is 1. The summed E-state index contributed by atoms with van der Waals surface area (Å²) in [6.07, 6.45) is 6.03. The van der Waals surface area contributed by atoms with Crippen LogP contribution in [0.2, 0.25) is 0 Å². The first-order valence-electron chi connectivity index (χ1n) is 11.2. The molecule has 4 rings (SSSR count). The number of fused-ring (bicyclic) bond motifs is 1. The summed E-state index contributed by atoms with van der Waals surface area (Å²) in [5, 5.41) is 0. The molecule has 0 aliphatic heterocycles. The highest BCUT2D eigenvalue weighted by Crippen LogP contribution is 2.35. The molecule has 158 valence electrons. The third-order valence-electron chi connectivity index (χ3n) is 6.47. The van der Waals surface area contributed by atoms with Gasteiger partial charge in [0.25, 0.3) is 0 Å². The van der Waals surface area contributed by atoms with Crippen molar-refractivity contribution in [1.82, 2.24) is 9.66 Å². The average molecular weight is 405 g/mol.